The lowest BCUT2D eigenvalue weighted by Crippen LogP contribution is -2.48. The first-order valence-corrected chi connectivity index (χ1v) is 12.7. The molecule has 1 fully saturated rings. The predicted octanol–water partition coefficient (Wildman–Crippen LogP) is 3.90. The van der Waals surface area contributed by atoms with Crippen LogP contribution in [0.2, 0.25) is 0 Å². The maximum Gasteiger partial charge on any atom is 0.258 e. The maximum absolute atomic E-state index is 14.6. The van der Waals surface area contributed by atoms with Crippen LogP contribution in [0.3, 0.4) is 0 Å². The molecule has 184 valence electrons. The predicted molar refractivity (Wildman–Crippen MR) is 133 cm³/mol. The Morgan fingerprint density at radius 3 is 2.40 bits per heavy atom. The number of halogens is 1. The van der Waals surface area contributed by atoms with Crippen molar-refractivity contribution >= 4 is 21.6 Å². The van der Waals surface area contributed by atoms with Crippen LogP contribution in [0.25, 0.3) is 0 Å². The third-order valence-electron chi connectivity index (χ3n) is 6.00. The van der Waals surface area contributed by atoms with E-state index in [4.69, 9.17) is 4.74 Å². The Morgan fingerprint density at radius 2 is 1.71 bits per heavy atom. The normalized spacial score (nSPS) is 15.1. The third-order valence-corrected chi connectivity index (χ3v) is 7.90. The number of ether oxygens (including phenoxy) is 1. The van der Waals surface area contributed by atoms with E-state index in [2.05, 4.69) is 10.2 Å². The molecule has 0 aromatic heterocycles. The van der Waals surface area contributed by atoms with E-state index in [9.17, 15) is 17.6 Å². The van der Waals surface area contributed by atoms with Gasteiger partial charge in [-0.05, 0) is 48.4 Å². The number of benzene rings is 3. The molecule has 1 aliphatic heterocycles. The second-order valence-electron chi connectivity index (χ2n) is 8.47. The number of rotatable bonds is 7. The van der Waals surface area contributed by atoms with E-state index in [1.54, 1.807) is 12.1 Å². The van der Waals surface area contributed by atoms with Crippen LogP contribution in [-0.4, -0.2) is 56.8 Å². The number of hydrogen-bond acceptors (Lipinski definition) is 5. The number of sulfonamides is 1. The molecule has 0 spiro atoms. The van der Waals surface area contributed by atoms with Crippen LogP contribution in [0.1, 0.15) is 21.5 Å². The summed E-state index contributed by atoms with van der Waals surface area (Å²) in [4.78, 5) is 14.9. The molecule has 0 atom stereocenters. The Morgan fingerprint density at radius 1 is 1.00 bits per heavy atom. The molecular weight excluding hydrogens is 469 g/mol. The minimum absolute atomic E-state index is 0.114. The molecular formula is C26H28FN3O4S. The van der Waals surface area contributed by atoms with Gasteiger partial charge in [0.2, 0.25) is 10.0 Å². The van der Waals surface area contributed by atoms with Gasteiger partial charge in [0, 0.05) is 32.7 Å². The molecule has 0 bridgehead atoms. The molecule has 3 aromatic carbocycles. The number of nitrogens with zero attached hydrogens (tertiary/aromatic N) is 2. The second-order valence-corrected chi connectivity index (χ2v) is 10.4. The maximum atomic E-state index is 14.6. The van der Waals surface area contributed by atoms with E-state index < -0.39 is 21.7 Å². The van der Waals surface area contributed by atoms with Gasteiger partial charge in [-0.25, -0.2) is 12.8 Å². The van der Waals surface area contributed by atoms with E-state index in [-0.39, 0.29) is 10.5 Å². The average molecular weight is 498 g/mol. The Balaban J connectivity index is 1.48. The molecule has 0 aliphatic carbocycles. The summed E-state index contributed by atoms with van der Waals surface area (Å²) in [5.41, 5.74) is 2.07. The largest absolute Gasteiger partial charge is 0.495 e. The van der Waals surface area contributed by atoms with Crippen LogP contribution in [0.4, 0.5) is 10.1 Å². The number of anilines is 1. The molecule has 1 N–H and O–H groups in total. The molecule has 7 nitrogen and oxygen atoms in total. The number of hydrogen-bond donors (Lipinski definition) is 1. The molecule has 1 saturated heterocycles. The summed E-state index contributed by atoms with van der Waals surface area (Å²) in [7, 11) is -2.42. The topological polar surface area (TPSA) is 78.9 Å². The van der Waals surface area contributed by atoms with Crippen molar-refractivity contribution in [1.82, 2.24) is 9.21 Å². The van der Waals surface area contributed by atoms with Crippen LogP contribution >= 0.6 is 0 Å². The Kier molecular flexibility index (Phi) is 7.49. The van der Waals surface area contributed by atoms with E-state index in [1.807, 2.05) is 43.3 Å². The number of carbonyl (C=O) groups is 1. The zero-order valence-corrected chi connectivity index (χ0v) is 20.5. The van der Waals surface area contributed by atoms with Crippen LogP contribution in [0.5, 0.6) is 5.75 Å². The summed E-state index contributed by atoms with van der Waals surface area (Å²) in [6, 6.07) is 18.5. The second kappa shape index (κ2) is 10.6. The first-order valence-electron chi connectivity index (χ1n) is 11.3. The molecule has 0 saturated carbocycles. The summed E-state index contributed by atoms with van der Waals surface area (Å²) >= 11 is 0. The first-order chi connectivity index (χ1) is 16.8. The quantitative estimate of drug-likeness (QED) is 0.536. The van der Waals surface area contributed by atoms with Gasteiger partial charge in [0.1, 0.15) is 11.6 Å². The number of carbonyl (C=O) groups excluding carboxylic acids is 1. The summed E-state index contributed by atoms with van der Waals surface area (Å²) in [5.74, 6) is -1.14. The Labute approximate surface area is 205 Å². The number of methoxy groups -OCH3 is 1. The van der Waals surface area contributed by atoms with Gasteiger partial charge in [-0.3, -0.25) is 9.69 Å². The van der Waals surface area contributed by atoms with E-state index in [1.165, 1.54) is 23.0 Å². The SMILES string of the molecule is COc1ccc(C)cc1NC(=O)c1cc(S(=O)(=O)N2CCN(Cc3ccccc3)CC2)ccc1F. The summed E-state index contributed by atoms with van der Waals surface area (Å²) < 4.78 is 47.8. The number of amides is 1. The zero-order valence-electron chi connectivity index (χ0n) is 19.7. The minimum Gasteiger partial charge on any atom is -0.495 e. The van der Waals surface area contributed by atoms with Crippen LogP contribution in [-0.2, 0) is 16.6 Å². The molecule has 1 aliphatic rings. The van der Waals surface area contributed by atoms with Crippen LogP contribution in [0, 0.1) is 12.7 Å². The van der Waals surface area contributed by atoms with E-state index in [0.717, 1.165) is 24.2 Å². The van der Waals surface area contributed by atoms with Crippen molar-refractivity contribution in [2.75, 3.05) is 38.6 Å². The fraction of sp³-hybridized carbons (Fsp3) is 0.269. The Hall–Kier alpha value is -3.27. The van der Waals surface area contributed by atoms with Crippen molar-refractivity contribution in [2.45, 2.75) is 18.4 Å². The molecule has 3 aromatic rings. The standard InChI is InChI=1S/C26H28FN3O4S/c1-19-8-11-25(34-2)24(16-19)28-26(31)22-17-21(9-10-23(22)27)35(32,33)30-14-12-29(13-15-30)18-20-6-4-3-5-7-20/h3-11,16-17H,12-15,18H2,1-2H3,(H,28,31). The first kappa shape index (κ1) is 24.8. The third kappa shape index (κ3) is 5.70. The molecule has 1 amide bonds. The van der Waals surface area contributed by atoms with Crippen LogP contribution < -0.4 is 10.1 Å². The van der Waals surface area contributed by atoms with Gasteiger partial charge < -0.3 is 10.1 Å². The average Bonchev–Trinajstić information content (AvgIpc) is 2.85. The highest BCUT2D eigenvalue weighted by molar-refractivity contribution is 7.89. The highest BCUT2D eigenvalue weighted by Gasteiger charge is 2.30. The fourth-order valence-corrected chi connectivity index (χ4v) is 5.52. The zero-order chi connectivity index (χ0) is 25.0. The lowest BCUT2D eigenvalue weighted by molar-refractivity contribution is 0.102. The summed E-state index contributed by atoms with van der Waals surface area (Å²) in [6.07, 6.45) is 0. The van der Waals surface area contributed by atoms with Crippen molar-refractivity contribution in [3.63, 3.8) is 0 Å². The van der Waals surface area contributed by atoms with Gasteiger partial charge in [-0.2, -0.15) is 4.31 Å². The van der Waals surface area contributed by atoms with Gasteiger partial charge in [-0.15, -0.1) is 0 Å². The minimum atomic E-state index is -3.89. The number of nitrogens with one attached hydrogen (secondary N) is 1. The van der Waals surface area contributed by atoms with Gasteiger partial charge in [-0.1, -0.05) is 36.4 Å². The van der Waals surface area contributed by atoms with Gasteiger partial charge in [0.15, 0.2) is 0 Å². The van der Waals surface area contributed by atoms with Gasteiger partial charge in [0.05, 0.1) is 23.3 Å². The van der Waals surface area contributed by atoms with E-state index >= 15 is 0 Å². The van der Waals surface area contributed by atoms with Crippen molar-refractivity contribution < 1.29 is 22.3 Å². The van der Waals surface area contributed by atoms with Crippen molar-refractivity contribution in [1.29, 1.82) is 0 Å². The van der Waals surface area contributed by atoms with Crippen molar-refractivity contribution in [2.24, 2.45) is 0 Å². The molecule has 9 heteroatoms. The summed E-state index contributed by atoms with van der Waals surface area (Å²) in [6.45, 7) is 4.38. The molecule has 0 unspecified atom stereocenters. The highest BCUT2D eigenvalue weighted by Crippen LogP contribution is 2.27. The molecule has 4 rings (SSSR count). The number of piperazine rings is 1. The lowest BCUT2D eigenvalue weighted by atomic mass is 10.1. The van der Waals surface area contributed by atoms with Gasteiger partial charge in [0.25, 0.3) is 5.91 Å². The molecule has 1 heterocycles. The molecule has 0 radical (unpaired) electrons. The van der Waals surface area contributed by atoms with Crippen LogP contribution in [0.15, 0.2) is 71.6 Å². The highest BCUT2D eigenvalue weighted by atomic mass is 32.2. The van der Waals surface area contributed by atoms with Gasteiger partial charge >= 0.3 is 0 Å². The number of aryl methyl sites for hydroxylation is 1. The van der Waals surface area contributed by atoms with Crippen molar-refractivity contribution in [3.8, 4) is 5.75 Å². The lowest BCUT2D eigenvalue weighted by Gasteiger charge is -2.34. The smallest absolute Gasteiger partial charge is 0.258 e. The Bertz CT molecular complexity index is 1310. The molecule has 35 heavy (non-hydrogen) atoms. The van der Waals surface area contributed by atoms with E-state index in [0.29, 0.717) is 37.6 Å². The summed E-state index contributed by atoms with van der Waals surface area (Å²) in [5, 5.41) is 2.63. The fourth-order valence-electron chi connectivity index (χ4n) is 4.07. The van der Waals surface area contributed by atoms with Crippen molar-refractivity contribution in [3.05, 3.63) is 89.2 Å². The monoisotopic (exact) mass is 497 g/mol.